The van der Waals surface area contributed by atoms with Crippen LogP contribution in [0.3, 0.4) is 0 Å². The lowest BCUT2D eigenvalue weighted by Crippen LogP contribution is -2.28. The number of benzene rings is 2. The maximum Gasteiger partial charge on any atom is 0.269 e. The molecule has 0 saturated carbocycles. The van der Waals surface area contributed by atoms with E-state index >= 15 is 0 Å². The summed E-state index contributed by atoms with van der Waals surface area (Å²) in [6.07, 6.45) is -0.128. The van der Waals surface area contributed by atoms with E-state index in [-0.39, 0.29) is 22.2 Å². The van der Waals surface area contributed by atoms with Gasteiger partial charge in [-0.15, -0.1) is 0 Å². The molecule has 0 spiro atoms. The molecule has 0 aromatic heterocycles. The lowest BCUT2D eigenvalue weighted by atomic mass is 10.2. The number of nitrogens with one attached hydrogen (secondary N) is 2. The van der Waals surface area contributed by atoms with Crippen LogP contribution in [-0.2, 0) is 19.6 Å². The average Bonchev–Trinajstić information content (AvgIpc) is 3.00. The van der Waals surface area contributed by atoms with Gasteiger partial charge in [0.15, 0.2) is 5.17 Å². The van der Waals surface area contributed by atoms with Crippen LogP contribution in [0, 0.1) is 10.1 Å². The quantitative estimate of drug-likeness (QED) is 0.442. The van der Waals surface area contributed by atoms with Crippen molar-refractivity contribution in [3.63, 3.8) is 0 Å². The molecule has 0 radical (unpaired) electrons. The Labute approximate surface area is 175 Å². The molecule has 0 bridgehead atoms. The number of carbonyl (C=O) groups is 2. The van der Waals surface area contributed by atoms with E-state index in [0.717, 1.165) is 11.8 Å². The minimum Gasteiger partial charge on any atom is -0.326 e. The molecule has 1 fully saturated rings. The van der Waals surface area contributed by atoms with Gasteiger partial charge in [-0.3, -0.25) is 19.7 Å². The number of carbonyl (C=O) groups excluding carboxylic acids is 2. The van der Waals surface area contributed by atoms with Gasteiger partial charge in [0.05, 0.1) is 15.5 Å². The maximum absolute atomic E-state index is 12.2. The number of thioether (sulfide) groups is 1. The molecule has 1 aliphatic heterocycles. The molecule has 13 heteroatoms. The molecule has 2 amide bonds. The minimum absolute atomic E-state index is 0.0599. The summed E-state index contributed by atoms with van der Waals surface area (Å²) in [5.41, 5.74) is 0.677. The third-order valence-electron chi connectivity index (χ3n) is 3.91. The molecule has 4 N–H and O–H groups in total. The second kappa shape index (κ2) is 8.61. The van der Waals surface area contributed by atoms with Crippen molar-refractivity contribution < 1.29 is 22.9 Å². The molecule has 30 heavy (non-hydrogen) atoms. The Balaban J connectivity index is 1.60. The summed E-state index contributed by atoms with van der Waals surface area (Å²) in [4.78, 5) is 38.5. The van der Waals surface area contributed by atoms with Gasteiger partial charge in [0.2, 0.25) is 21.8 Å². The molecule has 1 aliphatic rings. The first-order valence-corrected chi connectivity index (χ1v) is 10.8. The number of nitro groups is 1. The number of sulfonamides is 1. The summed E-state index contributed by atoms with van der Waals surface area (Å²) in [7, 11) is -3.81. The second-order valence-corrected chi connectivity index (χ2v) is 8.86. The molecule has 2 aromatic rings. The summed E-state index contributed by atoms with van der Waals surface area (Å²) < 4.78 is 22.5. The van der Waals surface area contributed by atoms with E-state index in [0.29, 0.717) is 11.4 Å². The Kier molecular flexibility index (Phi) is 6.14. The van der Waals surface area contributed by atoms with Gasteiger partial charge in [0, 0.05) is 24.2 Å². The average molecular weight is 449 g/mol. The highest BCUT2D eigenvalue weighted by Crippen LogP contribution is 2.26. The summed E-state index contributed by atoms with van der Waals surface area (Å²) in [5.74, 6) is -0.825. The van der Waals surface area contributed by atoms with Crippen molar-refractivity contribution in [1.82, 2.24) is 5.32 Å². The van der Waals surface area contributed by atoms with Crippen LogP contribution in [0.5, 0.6) is 0 Å². The first kappa shape index (κ1) is 21.4. The van der Waals surface area contributed by atoms with Crippen LogP contribution in [0.4, 0.5) is 17.1 Å². The van der Waals surface area contributed by atoms with Gasteiger partial charge in [-0.05, 0) is 36.4 Å². The normalized spacial score (nSPS) is 17.6. The van der Waals surface area contributed by atoms with E-state index < -0.39 is 32.0 Å². The molecular formula is C17H15N5O6S2. The topological polar surface area (TPSA) is 174 Å². The number of nitro benzene ring substituents is 1. The molecule has 1 heterocycles. The van der Waals surface area contributed by atoms with Crippen molar-refractivity contribution in [3.8, 4) is 0 Å². The zero-order chi connectivity index (χ0) is 21.9. The fourth-order valence-corrected chi connectivity index (χ4v) is 3.97. The molecule has 1 unspecified atom stereocenters. The Bertz CT molecular complexity index is 1130. The summed E-state index contributed by atoms with van der Waals surface area (Å²) in [5, 5.41) is 20.4. The fraction of sp³-hybridized carbons (Fsp3) is 0.118. The van der Waals surface area contributed by atoms with Crippen molar-refractivity contribution in [2.24, 2.45) is 10.1 Å². The summed E-state index contributed by atoms with van der Waals surface area (Å²) in [6.45, 7) is 0. The van der Waals surface area contributed by atoms with Gasteiger partial charge in [-0.2, -0.15) is 0 Å². The van der Waals surface area contributed by atoms with E-state index in [4.69, 9.17) is 5.14 Å². The molecule has 1 saturated heterocycles. The van der Waals surface area contributed by atoms with Crippen LogP contribution in [0.15, 0.2) is 58.4 Å². The van der Waals surface area contributed by atoms with Crippen LogP contribution in [0.2, 0.25) is 0 Å². The van der Waals surface area contributed by atoms with Crippen LogP contribution >= 0.6 is 11.8 Å². The van der Waals surface area contributed by atoms with Gasteiger partial charge in [-0.25, -0.2) is 18.5 Å². The summed E-state index contributed by atoms with van der Waals surface area (Å²) in [6, 6.07) is 10.8. The number of nitrogens with zero attached hydrogens (tertiary/aromatic N) is 2. The lowest BCUT2D eigenvalue weighted by Gasteiger charge is -2.07. The van der Waals surface area contributed by atoms with Gasteiger partial charge in [0.25, 0.3) is 5.69 Å². The van der Waals surface area contributed by atoms with Gasteiger partial charge in [0.1, 0.15) is 5.25 Å². The number of nitrogens with two attached hydrogens (primary N) is 1. The van der Waals surface area contributed by atoms with E-state index in [1.807, 2.05) is 0 Å². The predicted octanol–water partition coefficient (Wildman–Crippen LogP) is 1.49. The highest BCUT2D eigenvalue weighted by Gasteiger charge is 2.32. The second-order valence-electron chi connectivity index (χ2n) is 6.11. The maximum atomic E-state index is 12.2. The molecule has 3 rings (SSSR count). The van der Waals surface area contributed by atoms with Crippen molar-refractivity contribution in [2.45, 2.75) is 16.6 Å². The van der Waals surface area contributed by atoms with Crippen molar-refractivity contribution in [3.05, 3.63) is 58.6 Å². The Morgan fingerprint density at radius 2 is 1.83 bits per heavy atom. The van der Waals surface area contributed by atoms with E-state index in [1.165, 1.54) is 48.5 Å². The minimum atomic E-state index is -3.81. The van der Waals surface area contributed by atoms with Crippen molar-refractivity contribution in [1.29, 1.82) is 0 Å². The molecule has 2 aromatic carbocycles. The zero-order valence-corrected chi connectivity index (χ0v) is 16.8. The smallest absolute Gasteiger partial charge is 0.269 e. The SMILES string of the molecule is NS(=O)(=O)c1ccc(N=C2NC(=O)C(CC(=O)Nc3ccc([N+](=O)[O-])cc3)S2)cc1. The van der Waals surface area contributed by atoms with Crippen LogP contribution in [0.25, 0.3) is 0 Å². The molecular weight excluding hydrogens is 434 g/mol. The molecule has 156 valence electrons. The predicted molar refractivity (Wildman–Crippen MR) is 111 cm³/mol. The largest absolute Gasteiger partial charge is 0.326 e. The van der Waals surface area contributed by atoms with Gasteiger partial charge in [-0.1, -0.05) is 11.8 Å². The summed E-state index contributed by atoms with van der Waals surface area (Å²) >= 11 is 1.06. The number of hydrogen-bond donors (Lipinski definition) is 3. The number of rotatable bonds is 6. The van der Waals surface area contributed by atoms with Crippen LogP contribution in [0.1, 0.15) is 6.42 Å². The Morgan fingerprint density at radius 1 is 1.20 bits per heavy atom. The number of non-ortho nitro benzene ring substituents is 1. The first-order valence-electron chi connectivity index (χ1n) is 8.35. The Hall–Kier alpha value is -3.29. The van der Waals surface area contributed by atoms with Gasteiger partial charge < -0.3 is 10.6 Å². The van der Waals surface area contributed by atoms with E-state index in [9.17, 15) is 28.1 Å². The molecule has 1 atom stereocenters. The standard InChI is InChI=1S/C17H15N5O6S2/c18-30(27,28)13-7-3-11(4-8-13)20-17-21-16(24)14(29-17)9-15(23)19-10-1-5-12(6-2-10)22(25)26/h1-8,14H,9H2,(H,19,23)(H2,18,27,28)(H,20,21,24). The highest BCUT2D eigenvalue weighted by atomic mass is 32.2. The number of aliphatic imine (C=N–C) groups is 1. The first-order chi connectivity index (χ1) is 14.1. The lowest BCUT2D eigenvalue weighted by molar-refractivity contribution is -0.384. The van der Waals surface area contributed by atoms with E-state index in [2.05, 4.69) is 15.6 Å². The van der Waals surface area contributed by atoms with Crippen molar-refractivity contribution >= 4 is 55.8 Å². The number of hydrogen-bond acceptors (Lipinski definition) is 8. The third-order valence-corrected chi connectivity index (χ3v) is 5.92. The van der Waals surface area contributed by atoms with E-state index in [1.54, 1.807) is 0 Å². The zero-order valence-electron chi connectivity index (χ0n) is 15.1. The number of amidine groups is 1. The monoisotopic (exact) mass is 449 g/mol. The molecule has 0 aliphatic carbocycles. The number of amides is 2. The number of primary sulfonamides is 1. The highest BCUT2D eigenvalue weighted by molar-refractivity contribution is 8.15. The molecule has 11 nitrogen and oxygen atoms in total. The fourth-order valence-electron chi connectivity index (χ4n) is 2.47. The Morgan fingerprint density at radius 3 is 2.40 bits per heavy atom. The number of anilines is 1. The van der Waals surface area contributed by atoms with Crippen LogP contribution < -0.4 is 15.8 Å². The third kappa shape index (κ3) is 5.40. The van der Waals surface area contributed by atoms with Crippen LogP contribution in [-0.4, -0.2) is 35.6 Å². The van der Waals surface area contributed by atoms with Crippen molar-refractivity contribution in [2.75, 3.05) is 5.32 Å². The van der Waals surface area contributed by atoms with Gasteiger partial charge >= 0.3 is 0 Å².